The van der Waals surface area contributed by atoms with Gasteiger partial charge in [0.05, 0.1) is 13.1 Å². The standard InChI is InChI=1S/C22H37N5O/c1-5-23-22(26-18(4)8-6-7-17(2)3)25-15-19-9-11-20(12-10-19)27-14-13-24-21(28)16-27/h9-12,17-18H,5-8,13-16H2,1-4H3,(H,24,28)(H2,23,25,26). The number of benzene rings is 1. The fraction of sp³-hybridized carbons (Fsp3) is 0.636. The smallest absolute Gasteiger partial charge is 0.239 e. The highest BCUT2D eigenvalue weighted by atomic mass is 16.2. The van der Waals surface area contributed by atoms with Crippen LogP contribution in [0.5, 0.6) is 0 Å². The second-order valence-electron chi connectivity index (χ2n) is 8.00. The lowest BCUT2D eigenvalue weighted by Crippen LogP contribution is -2.47. The first-order valence-electron chi connectivity index (χ1n) is 10.6. The number of carbonyl (C=O) groups excluding carboxylic acids is 1. The molecule has 3 N–H and O–H groups in total. The zero-order valence-electron chi connectivity index (χ0n) is 17.9. The van der Waals surface area contributed by atoms with Gasteiger partial charge in [-0.25, -0.2) is 4.99 Å². The lowest BCUT2D eigenvalue weighted by atomic mass is 10.0. The van der Waals surface area contributed by atoms with E-state index in [1.165, 1.54) is 12.8 Å². The number of nitrogens with one attached hydrogen (secondary N) is 3. The van der Waals surface area contributed by atoms with Gasteiger partial charge in [-0.1, -0.05) is 38.8 Å². The first kappa shape index (κ1) is 22.1. The molecule has 1 aromatic carbocycles. The van der Waals surface area contributed by atoms with Crippen molar-refractivity contribution in [2.75, 3.05) is 31.1 Å². The number of aliphatic imine (C=N–C) groups is 1. The van der Waals surface area contributed by atoms with Gasteiger partial charge >= 0.3 is 0 Å². The highest BCUT2D eigenvalue weighted by molar-refractivity contribution is 5.82. The number of rotatable bonds is 9. The van der Waals surface area contributed by atoms with Crippen LogP contribution in [0.4, 0.5) is 5.69 Å². The first-order valence-corrected chi connectivity index (χ1v) is 10.6. The fourth-order valence-electron chi connectivity index (χ4n) is 3.30. The van der Waals surface area contributed by atoms with E-state index < -0.39 is 0 Å². The van der Waals surface area contributed by atoms with Crippen LogP contribution in [0.25, 0.3) is 0 Å². The summed E-state index contributed by atoms with van der Waals surface area (Å²) in [6, 6.07) is 8.77. The Balaban J connectivity index is 1.88. The summed E-state index contributed by atoms with van der Waals surface area (Å²) >= 11 is 0. The van der Waals surface area contributed by atoms with Crippen LogP contribution in [0, 0.1) is 5.92 Å². The molecule has 1 fully saturated rings. The third kappa shape index (κ3) is 7.79. The Morgan fingerprint density at radius 1 is 1.21 bits per heavy atom. The molecule has 1 heterocycles. The van der Waals surface area contributed by atoms with Gasteiger partial charge in [0.25, 0.3) is 0 Å². The molecule has 156 valence electrons. The van der Waals surface area contributed by atoms with Gasteiger partial charge < -0.3 is 20.9 Å². The Labute approximate surface area is 170 Å². The molecule has 0 spiro atoms. The normalized spacial score (nSPS) is 16.1. The molecule has 0 saturated carbocycles. The second-order valence-corrected chi connectivity index (χ2v) is 8.00. The van der Waals surface area contributed by atoms with Gasteiger partial charge in [-0.05, 0) is 43.9 Å². The van der Waals surface area contributed by atoms with Gasteiger partial charge in [0, 0.05) is 31.4 Å². The van der Waals surface area contributed by atoms with Crippen LogP contribution >= 0.6 is 0 Å². The minimum absolute atomic E-state index is 0.0868. The summed E-state index contributed by atoms with van der Waals surface area (Å²) in [6.07, 6.45) is 3.66. The lowest BCUT2D eigenvalue weighted by Gasteiger charge is -2.28. The number of carbonyl (C=O) groups is 1. The van der Waals surface area contributed by atoms with Crippen molar-refractivity contribution in [2.24, 2.45) is 10.9 Å². The predicted molar refractivity (Wildman–Crippen MR) is 118 cm³/mol. The van der Waals surface area contributed by atoms with Crippen molar-refractivity contribution >= 4 is 17.6 Å². The molecular weight excluding hydrogens is 350 g/mol. The Kier molecular flexibility index (Phi) is 9.11. The molecule has 0 radical (unpaired) electrons. The summed E-state index contributed by atoms with van der Waals surface area (Å²) in [5, 5.41) is 9.71. The van der Waals surface area contributed by atoms with E-state index in [4.69, 9.17) is 4.99 Å². The SMILES string of the molecule is CCNC(=NCc1ccc(N2CCNC(=O)C2)cc1)NC(C)CCCC(C)C. The number of piperazine rings is 1. The molecule has 6 nitrogen and oxygen atoms in total. The zero-order chi connectivity index (χ0) is 20.4. The lowest BCUT2D eigenvalue weighted by molar-refractivity contribution is -0.120. The monoisotopic (exact) mass is 387 g/mol. The van der Waals surface area contributed by atoms with E-state index in [0.29, 0.717) is 25.7 Å². The molecule has 1 aromatic rings. The number of nitrogens with zero attached hydrogens (tertiary/aromatic N) is 2. The van der Waals surface area contributed by atoms with Gasteiger partial charge in [0.2, 0.25) is 5.91 Å². The maximum absolute atomic E-state index is 11.6. The van der Waals surface area contributed by atoms with E-state index in [2.05, 4.69) is 72.8 Å². The van der Waals surface area contributed by atoms with Crippen LogP contribution in [0.1, 0.15) is 52.5 Å². The molecule has 1 saturated heterocycles. The summed E-state index contributed by atoms with van der Waals surface area (Å²) < 4.78 is 0. The number of hydrogen-bond donors (Lipinski definition) is 3. The minimum Gasteiger partial charge on any atom is -0.360 e. The van der Waals surface area contributed by atoms with Crippen molar-refractivity contribution in [3.63, 3.8) is 0 Å². The maximum Gasteiger partial charge on any atom is 0.239 e. The van der Waals surface area contributed by atoms with Crippen molar-refractivity contribution in [3.8, 4) is 0 Å². The van der Waals surface area contributed by atoms with Crippen molar-refractivity contribution in [1.29, 1.82) is 0 Å². The molecule has 6 heteroatoms. The number of anilines is 1. The summed E-state index contributed by atoms with van der Waals surface area (Å²) in [4.78, 5) is 18.4. The topological polar surface area (TPSA) is 68.8 Å². The van der Waals surface area contributed by atoms with Gasteiger partial charge in [-0.3, -0.25) is 4.79 Å². The average Bonchev–Trinajstić information content (AvgIpc) is 2.66. The van der Waals surface area contributed by atoms with Crippen molar-refractivity contribution in [1.82, 2.24) is 16.0 Å². The van der Waals surface area contributed by atoms with E-state index >= 15 is 0 Å². The fourth-order valence-corrected chi connectivity index (χ4v) is 3.30. The number of hydrogen-bond acceptors (Lipinski definition) is 3. The van der Waals surface area contributed by atoms with Crippen LogP contribution in [0.2, 0.25) is 0 Å². The molecular formula is C22H37N5O. The molecule has 0 aromatic heterocycles. The largest absolute Gasteiger partial charge is 0.360 e. The van der Waals surface area contributed by atoms with Crippen LogP contribution in [-0.4, -0.2) is 44.1 Å². The second kappa shape index (κ2) is 11.6. The van der Waals surface area contributed by atoms with E-state index in [1.54, 1.807) is 0 Å². The van der Waals surface area contributed by atoms with Crippen molar-refractivity contribution in [3.05, 3.63) is 29.8 Å². The number of amides is 1. The van der Waals surface area contributed by atoms with Crippen LogP contribution in [0.15, 0.2) is 29.3 Å². The molecule has 2 rings (SSSR count). The molecule has 1 aliphatic heterocycles. The van der Waals surface area contributed by atoms with E-state index in [-0.39, 0.29) is 5.91 Å². The van der Waals surface area contributed by atoms with Gasteiger partial charge in [-0.2, -0.15) is 0 Å². The van der Waals surface area contributed by atoms with Crippen molar-refractivity contribution in [2.45, 2.75) is 59.5 Å². The van der Waals surface area contributed by atoms with E-state index in [1.807, 2.05) is 0 Å². The van der Waals surface area contributed by atoms with Gasteiger partial charge in [-0.15, -0.1) is 0 Å². The highest BCUT2D eigenvalue weighted by Gasteiger charge is 2.16. The third-order valence-corrected chi connectivity index (χ3v) is 4.91. The third-order valence-electron chi connectivity index (χ3n) is 4.91. The Morgan fingerprint density at radius 2 is 1.96 bits per heavy atom. The predicted octanol–water partition coefficient (Wildman–Crippen LogP) is 2.89. The molecule has 1 atom stereocenters. The first-order chi connectivity index (χ1) is 13.5. The van der Waals surface area contributed by atoms with E-state index in [9.17, 15) is 4.79 Å². The summed E-state index contributed by atoms with van der Waals surface area (Å²) in [5.41, 5.74) is 2.25. The maximum atomic E-state index is 11.6. The Bertz CT molecular complexity index is 626. The quantitative estimate of drug-likeness (QED) is 0.450. The van der Waals surface area contributed by atoms with Crippen LogP contribution < -0.4 is 20.9 Å². The van der Waals surface area contributed by atoms with E-state index in [0.717, 1.165) is 42.6 Å². The molecule has 0 aliphatic carbocycles. The van der Waals surface area contributed by atoms with Gasteiger partial charge in [0.15, 0.2) is 5.96 Å². The molecule has 28 heavy (non-hydrogen) atoms. The number of guanidine groups is 1. The van der Waals surface area contributed by atoms with Crippen LogP contribution in [0.3, 0.4) is 0 Å². The average molecular weight is 388 g/mol. The molecule has 1 unspecified atom stereocenters. The minimum atomic E-state index is 0.0868. The summed E-state index contributed by atoms with van der Waals surface area (Å²) in [5.74, 6) is 1.72. The van der Waals surface area contributed by atoms with Crippen LogP contribution in [-0.2, 0) is 11.3 Å². The van der Waals surface area contributed by atoms with Crippen molar-refractivity contribution < 1.29 is 4.79 Å². The van der Waals surface area contributed by atoms with Gasteiger partial charge in [0.1, 0.15) is 0 Å². The molecule has 1 aliphatic rings. The zero-order valence-corrected chi connectivity index (χ0v) is 17.9. The molecule has 0 bridgehead atoms. The summed E-state index contributed by atoms with van der Waals surface area (Å²) in [6.45, 7) is 12.3. The Morgan fingerprint density at radius 3 is 2.61 bits per heavy atom. The Hall–Kier alpha value is -2.24. The highest BCUT2D eigenvalue weighted by Crippen LogP contribution is 2.16. The summed E-state index contributed by atoms with van der Waals surface area (Å²) in [7, 11) is 0. The molecule has 1 amide bonds.